The van der Waals surface area contributed by atoms with Crippen LogP contribution in [0.25, 0.3) is 0 Å². The first-order valence-corrected chi connectivity index (χ1v) is 9.17. The van der Waals surface area contributed by atoms with Crippen molar-refractivity contribution in [2.45, 2.75) is 12.2 Å². The predicted molar refractivity (Wildman–Crippen MR) is 106 cm³/mol. The maximum absolute atomic E-state index is 13.1. The Morgan fingerprint density at radius 3 is 2.16 bits per heavy atom. The van der Waals surface area contributed by atoms with E-state index in [2.05, 4.69) is 0 Å². The van der Waals surface area contributed by atoms with E-state index in [1.807, 2.05) is 0 Å². The van der Waals surface area contributed by atoms with E-state index in [4.69, 9.17) is 9.47 Å². The number of esters is 1. The second kappa shape index (κ2) is 7.58. The molecular weight excluding hydrogens is 424 g/mol. The van der Waals surface area contributed by atoms with Crippen molar-refractivity contribution in [2.75, 3.05) is 0 Å². The summed E-state index contributed by atoms with van der Waals surface area (Å²) in [5.41, 5.74) is -0.150. The smallest absolute Gasteiger partial charge is 0.339 e. The average Bonchev–Trinajstić information content (AvgIpc) is 2.75. The molecule has 1 heterocycles. The summed E-state index contributed by atoms with van der Waals surface area (Å²) in [6, 6.07) is 9.07. The maximum atomic E-state index is 13.1. The number of benzene rings is 3. The maximum Gasteiger partial charge on any atom is 0.339 e. The molecule has 0 fully saturated rings. The van der Waals surface area contributed by atoms with Gasteiger partial charge < -0.3 is 40.1 Å². The monoisotopic (exact) mass is 440 g/mol. The third-order valence-electron chi connectivity index (χ3n) is 4.89. The third kappa shape index (κ3) is 3.54. The van der Waals surface area contributed by atoms with Gasteiger partial charge in [0.25, 0.3) is 0 Å². The van der Waals surface area contributed by atoms with Gasteiger partial charge in [0.05, 0.1) is 11.1 Å². The topological polar surface area (TPSA) is 174 Å². The van der Waals surface area contributed by atoms with Crippen LogP contribution in [0, 0.1) is 0 Å². The van der Waals surface area contributed by atoms with Gasteiger partial charge in [-0.25, -0.2) is 4.79 Å². The quantitative estimate of drug-likeness (QED) is 0.262. The van der Waals surface area contributed by atoms with Gasteiger partial charge in [0, 0.05) is 11.6 Å². The number of hydrogen-bond acceptors (Lipinski definition) is 10. The zero-order chi connectivity index (χ0) is 23.2. The molecule has 0 unspecified atom stereocenters. The summed E-state index contributed by atoms with van der Waals surface area (Å²) < 4.78 is 11.1. The molecule has 1 aliphatic heterocycles. The van der Waals surface area contributed by atoms with Gasteiger partial charge in [0.2, 0.25) is 11.9 Å². The largest absolute Gasteiger partial charge is 0.508 e. The molecule has 2 atom stereocenters. The Labute approximate surface area is 179 Å². The molecule has 0 aliphatic carbocycles. The fourth-order valence-electron chi connectivity index (χ4n) is 3.28. The number of Topliss-reactive ketones (excluding diaryl/α,β-unsaturated/α-hetero) is 1. The Kier molecular flexibility index (Phi) is 4.90. The van der Waals surface area contributed by atoms with Crippen LogP contribution in [0.4, 0.5) is 0 Å². The molecule has 3 aromatic carbocycles. The average molecular weight is 440 g/mol. The van der Waals surface area contributed by atoms with Crippen LogP contribution in [0.5, 0.6) is 40.2 Å². The first kappa shape index (κ1) is 20.7. The van der Waals surface area contributed by atoms with Gasteiger partial charge >= 0.3 is 5.97 Å². The molecule has 1 aliphatic rings. The summed E-state index contributed by atoms with van der Waals surface area (Å²) in [6.45, 7) is 0. The number of rotatable bonds is 3. The molecule has 10 heteroatoms. The van der Waals surface area contributed by atoms with E-state index in [0.717, 1.165) is 24.3 Å². The van der Waals surface area contributed by atoms with Crippen molar-refractivity contribution in [1.29, 1.82) is 0 Å². The second-order valence-corrected chi connectivity index (χ2v) is 7.02. The molecule has 10 nitrogen and oxygen atoms in total. The molecule has 164 valence electrons. The number of fused-ring (bicyclic) bond motifs is 1. The van der Waals surface area contributed by atoms with E-state index in [0.29, 0.717) is 0 Å². The first-order chi connectivity index (χ1) is 15.2. The second-order valence-electron chi connectivity index (χ2n) is 7.02. The molecule has 0 saturated carbocycles. The van der Waals surface area contributed by atoms with Gasteiger partial charge in [-0.3, -0.25) is 4.79 Å². The Morgan fingerprint density at radius 2 is 1.50 bits per heavy atom. The summed E-state index contributed by atoms with van der Waals surface area (Å²) in [5.74, 6) is -5.25. The Balaban J connectivity index is 1.75. The number of ether oxygens (including phenoxy) is 2. The van der Waals surface area contributed by atoms with Crippen LogP contribution in [-0.2, 0) is 4.74 Å². The molecule has 0 aromatic heterocycles. The fraction of sp³-hybridized carbons (Fsp3) is 0.0909. The lowest BCUT2D eigenvalue weighted by Crippen LogP contribution is -2.40. The van der Waals surface area contributed by atoms with E-state index in [1.54, 1.807) is 0 Å². The highest BCUT2D eigenvalue weighted by atomic mass is 16.6. The van der Waals surface area contributed by atoms with Crippen LogP contribution in [0.3, 0.4) is 0 Å². The number of aromatic hydroxyl groups is 6. The molecule has 0 bridgehead atoms. The van der Waals surface area contributed by atoms with Crippen molar-refractivity contribution in [3.63, 3.8) is 0 Å². The van der Waals surface area contributed by atoms with Gasteiger partial charge in [0.15, 0.2) is 34.9 Å². The summed E-state index contributed by atoms with van der Waals surface area (Å²) in [4.78, 5) is 25.8. The van der Waals surface area contributed by atoms with Crippen LogP contribution < -0.4 is 4.74 Å². The minimum atomic E-state index is -1.57. The van der Waals surface area contributed by atoms with Gasteiger partial charge in [-0.2, -0.15) is 0 Å². The van der Waals surface area contributed by atoms with Gasteiger partial charge in [-0.05, 0) is 36.4 Å². The van der Waals surface area contributed by atoms with Crippen molar-refractivity contribution >= 4 is 11.8 Å². The van der Waals surface area contributed by atoms with E-state index in [-0.39, 0.29) is 28.2 Å². The minimum absolute atomic E-state index is 0.0137. The summed E-state index contributed by atoms with van der Waals surface area (Å²) in [5, 5.41) is 57.9. The number of hydrogen-bond donors (Lipinski definition) is 6. The van der Waals surface area contributed by atoms with Gasteiger partial charge in [0.1, 0.15) is 11.5 Å². The van der Waals surface area contributed by atoms with Gasteiger partial charge in [-0.15, -0.1) is 0 Å². The molecule has 4 rings (SSSR count). The molecule has 0 saturated heterocycles. The lowest BCUT2D eigenvalue weighted by Gasteiger charge is -2.32. The number of phenolic OH excluding ortho intramolecular Hbond substituents is 6. The number of phenols is 6. The molecule has 3 aromatic rings. The highest BCUT2D eigenvalue weighted by Crippen LogP contribution is 2.41. The number of carbonyl (C=O) groups excluding carboxylic acids is 2. The zero-order valence-corrected chi connectivity index (χ0v) is 16.1. The Morgan fingerprint density at radius 1 is 0.812 bits per heavy atom. The van der Waals surface area contributed by atoms with E-state index in [1.165, 1.54) is 24.3 Å². The normalized spacial score (nSPS) is 17.3. The van der Waals surface area contributed by atoms with Crippen LogP contribution in [-0.4, -0.2) is 48.5 Å². The lowest BCUT2D eigenvalue weighted by molar-refractivity contribution is -0.00987. The van der Waals surface area contributed by atoms with Crippen molar-refractivity contribution in [3.05, 3.63) is 65.2 Å². The molecule has 32 heavy (non-hydrogen) atoms. The fourth-order valence-corrected chi connectivity index (χ4v) is 3.28. The van der Waals surface area contributed by atoms with Crippen molar-refractivity contribution in [3.8, 4) is 40.2 Å². The van der Waals surface area contributed by atoms with Crippen molar-refractivity contribution in [1.82, 2.24) is 0 Å². The summed E-state index contributed by atoms with van der Waals surface area (Å²) >= 11 is 0. The highest BCUT2D eigenvalue weighted by Gasteiger charge is 2.42. The Bertz CT molecular complexity index is 1230. The van der Waals surface area contributed by atoms with Crippen LogP contribution in [0.15, 0.2) is 48.5 Å². The predicted octanol–water partition coefficient (Wildman–Crippen LogP) is 2.46. The van der Waals surface area contributed by atoms with Crippen molar-refractivity contribution in [2.24, 2.45) is 0 Å². The van der Waals surface area contributed by atoms with Crippen molar-refractivity contribution < 1.29 is 49.7 Å². The van der Waals surface area contributed by atoms with Crippen LogP contribution in [0.2, 0.25) is 0 Å². The molecule has 0 amide bonds. The van der Waals surface area contributed by atoms with E-state index >= 15 is 0 Å². The van der Waals surface area contributed by atoms with Crippen LogP contribution >= 0.6 is 0 Å². The first-order valence-electron chi connectivity index (χ1n) is 9.17. The molecule has 0 spiro atoms. The SMILES string of the molecule is O=C(O[C@H]1C(=O)c2ccc(O)cc2O[C@@H]1c1ccc(O)c(O)c1)c1cc(O)c(O)c(O)c1. The standard InChI is InChI=1S/C22H16O10/c23-11-2-3-12-17(8-11)31-20(9-1-4-13(24)14(25)5-9)21(18(12)28)32-22(30)10-6-15(26)19(29)16(27)7-10/h1-8,20-21,23-27,29H/t20-,21+/m1/s1. The molecular formula is C22H16O10. The Hall–Kier alpha value is -4.60. The third-order valence-corrected chi connectivity index (χ3v) is 4.89. The minimum Gasteiger partial charge on any atom is -0.508 e. The zero-order valence-electron chi connectivity index (χ0n) is 16.1. The van der Waals surface area contributed by atoms with Gasteiger partial charge in [-0.1, -0.05) is 6.07 Å². The summed E-state index contributed by atoms with van der Waals surface area (Å²) in [6.07, 6.45) is -2.84. The lowest BCUT2D eigenvalue weighted by atomic mass is 9.93. The molecule has 6 N–H and O–H groups in total. The number of carbonyl (C=O) groups is 2. The number of ketones is 1. The molecule has 0 radical (unpaired) electrons. The highest BCUT2D eigenvalue weighted by molar-refractivity contribution is 6.05. The van der Waals surface area contributed by atoms with E-state index < -0.39 is 52.7 Å². The summed E-state index contributed by atoms with van der Waals surface area (Å²) in [7, 11) is 0. The van der Waals surface area contributed by atoms with Crippen LogP contribution in [0.1, 0.15) is 32.4 Å². The van der Waals surface area contributed by atoms with E-state index in [9.17, 15) is 40.2 Å².